The Morgan fingerprint density at radius 2 is 2.05 bits per heavy atom. The van der Waals surface area contributed by atoms with Crippen molar-refractivity contribution in [3.8, 4) is 5.75 Å². The van der Waals surface area contributed by atoms with Crippen LogP contribution in [-0.2, 0) is 10.0 Å². The van der Waals surface area contributed by atoms with Crippen molar-refractivity contribution < 1.29 is 13.2 Å². The van der Waals surface area contributed by atoms with Gasteiger partial charge in [0.1, 0.15) is 12.4 Å². The Morgan fingerprint density at radius 1 is 1.27 bits per heavy atom. The van der Waals surface area contributed by atoms with Gasteiger partial charge in [0.15, 0.2) is 0 Å². The molecule has 0 radical (unpaired) electrons. The predicted molar refractivity (Wildman–Crippen MR) is 89.3 cm³/mol. The Labute approximate surface area is 130 Å². The van der Waals surface area contributed by atoms with E-state index in [-0.39, 0.29) is 4.90 Å². The Bertz CT molecular complexity index is 851. The maximum absolute atomic E-state index is 11.6. The monoisotopic (exact) mass is 315 g/mol. The number of benzene rings is 2. The van der Waals surface area contributed by atoms with Crippen molar-refractivity contribution in [1.29, 1.82) is 0 Å². The number of primary sulfonamides is 1. The van der Waals surface area contributed by atoms with E-state index in [1.807, 2.05) is 12.1 Å². The second kappa shape index (κ2) is 6.60. The Kier molecular flexibility index (Phi) is 4.80. The summed E-state index contributed by atoms with van der Waals surface area (Å²) in [4.78, 5) is 0.106. The Hall–Kier alpha value is -2.37. The normalized spacial score (nSPS) is 11.7. The molecule has 0 unspecified atom stereocenters. The molecule has 2 rings (SSSR count). The first-order valence-corrected chi connectivity index (χ1v) is 8.12. The molecule has 0 aliphatic rings. The largest absolute Gasteiger partial charge is 0.489 e. The molecule has 0 spiro atoms. The molecule has 0 saturated heterocycles. The zero-order valence-electron chi connectivity index (χ0n) is 12.0. The van der Waals surface area contributed by atoms with E-state index in [4.69, 9.17) is 9.88 Å². The highest BCUT2D eigenvalue weighted by atomic mass is 32.2. The second-order valence-corrected chi connectivity index (χ2v) is 6.26. The van der Waals surface area contributed by atoms with Crippen LogP contribution >= 0.6 is 0 Å². The molecule has 0 aliphatic heterocycles. The van der Waals surface area contributed by atoms with Gasteiger partial charge in [0, 0.05) is 5.39 Å². The molecule has 0 bridgehead atoms. The summed E-state index contributed by atoms with van der Waals surface area (Å²) in [5.41, 5.74) is 0.804. The van der Waals surface area contributed by atoms with Crippen molar-refractivity contribution in [3.05, 3.63) is 73.4 Å². The highest BCUT2D eigenvalue weighted by Gasteiger charge is 2.12. The summed E-state index contributed by atoms with van der Waals surface area (Å²) in [7, 11) is -3.75. The van der Waals surface area contributed by atoms with E-state index in [9.17, 15) is 8.42 Å². The zero-order chi connectivity index (χ0) is 16.2. The summed E-state index contributed by atoms with van der Waals surface area (Å²) in [6.07, 6.45) is 5.26. The van der Waals surface area contributed by atoms with Crippen LogP contribution in [0.4, 0.5) is 0 Å². The van der Waals surface area contributed by atoms with Crippen molar-refractivity contribution in [2.75, 3.05) is 6.61 Å². The molecule has 2 aromatic carbocycles. The molecule has 0 saturated carbocycles. The molecular weight excluding hydrogens is 298 g/mol. The molecule has 22 heavy (non-hydrogen) atoms. The average Bonchev–Trinajstić information content (AvgIpc) is 2.49. The fraction of sp³-hybridized carbons (Fsp3) is 0.0588. The molecule has 0 heterocycles. The minimum atomic E-state index is -3.75. The topological polar surface area (TPSA) is 69.4 Å². The molecule has 0 amide bonds. The van der Waals surface area contributed by atoms with Crippen molar-refractivity contribution >= 4 is 20.8 Å². The van der Waals surface area contributed by atoms with E-state index in [1.54, 1.807) is 36.4 Å². The quantitative estimate of drug-likeness (QED) is 0.832. The van der Waals surface area contributed by atoms with E-state index in [1.165, 1.54) is 6.07 Å². The van der Waals surface area contributed by atoms with E-state index >= 15 is 0 Å². The number of rotatable bonds is 6. The summed E-state index contributed by atoms with van der Waals surface area (Å²) in [6.45, 7) is 7.78. The molecule has 0 fully saturated rings. The lowest BCUT2D eigenvalue weighted by Gasteiger charge is -2.09. The van der Waals surface area contributed by atoms with Gasteiger partial charge in [-0.2, -0.15) is 0 Å². The Morgan fingerprint density at radius 3 is 2.73 bits per heavy atom. The molecule has 114 valence electrons. The van der Waals surface area contributed by atoms with Crippen LogP contribution in [0.15, 0.2) is 78.3 Å². The van der Waals surface area contributed by atoms with Crippen LogP contribution in [-0.4, -0.2) is 15.0 Å². The van der Waals surface area contributed by atoms with Gasteiger partial charge in [-0.25, -0.2) is 13.6 Å². The minimum Gasteiger partial charge on any atom is -0.489 e. The van der Waals surface area contributed by atoms with Gasteiger partial charge in [-0.3, -0.25) is 0 Å². The third kappa shape index (κ3) is 3.84. The van der Waals surface area contributed by atoms with Gasteiger partial charge in [0.05, 0.1) is 4.90 Å². The third-order valence-corrected chi connectivity index (χ3v) is 3.98. The SMILES string of the molecule is C=C/C=C\C(=C)COc1ccc2c(S(N)(=O)=O)cccc2c1. The van der Waals surface area contributed by atoms with Gasteiger partial charge in [-0.1, -0.05) is 43.5 Å². The molecule has 4 nitrogen and oxygen atoms in total. The highest BCUT2D eigenvalue weighted by molar-refractivity contribution is 7.89. The molecule has 2 N–H and O–H groups in total. The van der Waals surface area contributed by atoms with Crippen LogP contribution in [0.25, 0.3) is 10.8 Å². The maximum Gasteiger partial charge on any atom is 0.238 e. The van der Waals surface area contributed by atoms with E-state index in [0.717, 1.165) is 11.0 Å². The summed E-state index contributed by atoms with van der Waals surface area (Å²) < 4.78 is 28.8. The zero-order valence-corrected chi connectivity index (χ0v) is 12.8. The van der Waals surface area contributed by atoms with Crippen LogP contribution in [0.5, 0.6) is 5.75 Å². The molecule has 0 aromatic heterocycles. The van der Waals surface area contributed by atoms with Gasteiger partial charge in [-0.15, -0.1) is 0 Å². The van der Waals surface area contributed by atoms with Crippen LogP contribution in [0.3, 0.4) is 0 Å². The fourth-order valence-corrected chi connectivity index (χ4v) is 2.76. The van der Waals surface area contributed by atoms with Gasteiger partial charge in [-0.05, 0) is 35.2 Å². The standard InChI is InChI=1S/C17H17NO3S/c1-3-4-6-13(2)12-21-15-9-10-16-14(11-15)7-5-8-17(16)22(18,19)20/h3-11H,1-2,12H2,(H2,18,19,20)/b6-4-. The fourth-order valence-electron chi connectivity index (χ4n) is 2.00. The van der Waals surface area contributed by atoms with Gasteiger partial charge in [0.25, 0.3) is 0 Å². The van der Waals surface area contributed by atoms with Crippen LogP contribution in [0, 0.1) is 0 Å². The lowest BCUT2D eigenvalue weighted by Crippen LogP contribution is -2.12. The predicted octanol–water partition coefficient (Wildman–Crippen LogP) is 3.16. The number of sulfonamides is 1. The van der Waals surface area contributed by atoms with Gasteiger partial charge < -0.3 is 4.74 Å². The number of nitrogens with two attached hydrogens (primary N) is 1. The number of fused-ring (bicyclic) bond motifs is 1. The molecule has 2 aromatic rings. The van der Waals surface area contributed by atoms with Crippen LogP contribution in [0.1, 0.15) is 0 Å². The number of hydrogen-bond acceptors (Lipinski definition) is 3. The molecular formula is C17H17NO3S. The van der Waals surface area contributed by atoms with Crippen LogP contribution < -0.4 is 9.88 Å². The summed E-state index contributed by atoms with van der Waals surface area (Å²) >= 11 is 0. The molecule has 0 aliphatic carbocycles. The van der Waals surface area contributed by atoms with Crippen LogP contribution in [0.2, 0.25) is 0 Å². The average molecular weight is 315 g/mol. The maximum atomic E-state index is 11.6. The summed E-state index contributed by atoms with van der Waals surface area (Å²) in [5, 5.41) is 6.54. The van der Waals surface area contributed by atoms with Gasteiger partial charge >= 0.3 is 0 Å². The first kappa shape index (κ1) is 16.0. The van der Waals surface area contributed by atoms with Crippen molar-refractivity contribution in [3.63, 3.8) is 0 Å². The number of ether oxygens (including phenoxy) is 1. The summed E-state index contributed by atoms with van der Waals surface area (Å²) in [6, 6.07) is 10.1. The molecule has 0 atom stereocenters. The second-order valence-electron chi connectivity index (χ2n) is 4.73. The first-order valence-electron chi connectivity index (χ1n) is 6.57. The van der Waals surface area contributed by atoms with Crippen molar-refractivity contribution in [2.24, 2.45) is 5.14 Å². The van der Waals surface area contributed by atoms with Crippen molar-refractivity contribution in [1.82, 2.24) is 0 Å². The Balaban J connectivity index is 2.27. The third-order valence-electron chi connectivity index (χ3n) is 3.01. The van der Waals surface area contributed by atoms with Crippen molar-refractivity contribution in [2.45, 2.75) is 4.90 Å². The smallest absolute Gasteiger partial charge is 0.238 e. The van der Waals surface area contributed by atoms with E-state index in [2.05, 4.69) is 13.2 Å². The number of allylic oxidation sites excluding steroid dienone is 2. The number of hydrogen-bond donors (Lipinski definition) is 1. The van der Waals surface area contributed by atoms with E-state index < -0.39 is 10.0 Å². The highest BCUT2D eigenvalue weighted by Crippen LogP contribution is 2.26. The minimum absolute atomic E-state index is 0.106. The lowest BCUT2D eigenvalue weighted by molar-refractivity contribution is 0.356. The summed E-state index contributed by atoms with van der Waals surface area (Å²) in [5.74, 6) is 0.632. The lowest BCUT2D eigenvalue weighted by atomic mass is 10.1. The van der Waals surface area contributed by atoms with Gasteiger partial charge in [0.2, 0.25) is 10.0 Å². The first-order chi connectivity index (χ1) is 10.4. The van der Waals surface area contributed by atoms with E-state index in [0.29, 0.717) is 17.7 Å². The molecule has 5 heteroatoms.